The van der Waals surface area contributed by atoms with Crippen LogP contribution in [0.5, 0.6) is 0 Å². The van der Waals surface area contributed by atoms with E-state index in [1.54, 1.807) is 6.07 Å². The van der Waals surface area contributed by atoms with Crippen LogP contribution in [0.2, 0.25) is 0 Å². The van der Waals surface area contributed by atoms with Crippen molar-refractivity contribution < 1.29 is 4.79 Å². The van der Waals surface area contributed by atoms with E-state index in [4.69, 9.17) is 5.73 Å². The van der Waals surface area contributed by atoms with Crippen LogP contribution in [0.25, 0.3) is 0 Å². The van der Waals surface area contributed by atoms with Crippen LogP contribution in [-0.4, -0.2) is 22.3 Å². The number of anilines is 1. The highest BCUT2D eigenvalue weighted by molar-refractivity contribution is 5.78. The van der Waals surface area contributed by atoms with Crippen LogP contribution >= 0.6 is 0 Å². The number of benzene rings is 1. The molecule has 1 aliphatic rings. The molecule has 0 saturated carbocycles. The van der Waals surface area contributed by atoms with Crippen molar-refractivity contribution in [3.63, 3.8) is 0 Å². The lowest BCUT2D eigenvalue weighted by molar-refractivity contribution is -0.131. The molecule has 1 aromatic carbocycles. The second-order valence-corrected chi connectivity index (χ2v) is 5.06. The normalized spacial score (nSPS) is 13.9. The molecule has 0 saturated heterocycles. The van der Waals surface area contributed by atoms with Gasteiger partial charge in [0, 0.05) is 13.1 Å². The molecule has 2 aromatic rings. The number of pyridine rings is 1. The average molecular weight is 267 g/mol. The molecule has 0 bridgehead atoms. The monoisotopic (exact) mass is 267 g/mol. The molecular weight excluding hydrogens is 250 g/mol. The number of hydrogen-bond acceptors (Lipinski definition) is 3. The van der Waals surface area contributed by atoms with Gasteiger partial charge in [0.15, 0.2) is 0 Å². The summed E-state index contributed by atoms with van der Waals surface area (Å²) >= 11 is 0. The summed E-state index contributed by atoms with van der Waals surface area (Å²) < 4.78 is 0. The van der Waals surface area contributed by atoms with Gasteiger partial charge in [0.05, 0.1) is 12.1 Å². The molecule has 102 valence electrons. The number of nitrogens with two attached hydrogens (primary N) is 1. The SMILES string of the molecule is Nc1cccc(CC(=O)N2CCc3ccccc3C2)n1. The molecule has 3 rings (SSSR count). The van der Waals surface area contributed by atoms with Crippen molar-refractivity contribution in [1.82, 2.24) is 9.88 Å². The van der Waals surface area contributed by atoms with Crippen LogP contribution in [0.4, 0.5) is 5.82 Å². The Morgan fingerprint density at radius 3 is 2.75 bits per heavy atom. The van der Waals surface area contributed by atoms with Gasteiger partial charge in [-0.3, -0.25) is 4.79 Å². The zero-order valence-corrected chi connectivity index (χ0v) is 11.2. The van der Waals surface area contributed by atoms with E-state index in [1.165, 1.54) is 11.1 Å². The molecule has 1 aromatic heterocycles. The highest BCUT2D eigenvalue weighted by atomic mass is 16.2. The summed E-state index contributed by atoms with van der Waals surface area (Å²) in [7, 11) is 0. The molecule has 0 aliphatic carbocycles. The third-order valence-electron chi connectivity index (χ3n) is 3.64. The molecule has 0 atom stereocenters. The Kier molecular flexibility index (Phi) is 3.37. The van der Waals surface area contributed by atoms with Gasteiger partial charge in [-0.1, -0.05) is 30.3 Å². The van der Waals surface area contributed by atoms with E-state index >= 15 is 0 Å². The lowest BCUT2D eigenvalue weighted by Gasteiger charge is -2.28. The maximum Gasteiger partial charge on any atom is 0.228 e. The number of hydrogen-bond donors (Lipinski definition) is 1. The Balaban J connectivity index is 1.70. The Bertz CT molecular complexity index is 639. The largest absolute Gasteiger partial charge is 0.384 e. The van der Waals surface area contributed by atoms with E-state index < -0.39 is 0 Å². The molecule has 0 radical (unpaired) electrons. The quantitative estimate of drug-likeness (QED) is 0.902. The molecule has 1 amide bonds. The number of carbonyl (C=O) groups is 1. The number of nitrogens with zero attached hydrogens (tertiary/aromatic N) is 2. The van der Waals surface area contributed by atoms with Gasteiger partial charge >= 0.3 is 0 Å². The zero-order chi connectivity index (χ0) is 13.9. The fourth-order valence-corrected chi connectivity index (χ4v) is 2.57. The first kappa shape index (κ1) is 12.7. The maximum absolute atomic E-state index is 12.3. The second-order valence-electron chi connectivity index (χ2n) is 5.06. The van der Waals surface area contributed by atoms with Crippen molar-refractivity contribution in [2.24, 2.45) is 0 Å². The van der Waals surface area contributed by atoms with E-state index in [0.717, 1.165) is 18.7 Å². The van der Waals surface area contributed by atoms with Crippen molar-refractivity contribution in [2.75, 3.05) is 12.3 Å². The minimum Gasteiger partial charge on any atom is -0.384 e. The van der Waals surface area contributed by atoms with Crippen molar-refractivity contribution in [3.05, 3.63) is 59.3 Å². The highest BCUT2D eigenvalue weighted by Crippen LogP contribution is 2.19. The number of nitrogen functional groups attached to an aromatic ring is 1. The van der Waals surface area contributed by atoms with Crippen LogP contribution in [0.1, 0.15) is 16.8 Å². The standard InChI is InChI=1S/C16H17N3O/c17-15-7-3-6-14(18-15)10-16(20)19-9-8-12-4-1-2-5-13(12)11-19/h1-7H,8-11H2,(H2,17,18). The summed E-state index contributed by atoms with van der Waals surface area (Å²) in [6, 6.07) is 13.7. The predicted octanol–water partition coefficient (Wildman–Crippen LogP) is 1.79. The molecule has 0 fully saturated rings. The Hall–Kier alpha value is -2.36. The van der Waals surface area contributed by atoms with Gasteiger partial charge in [0.2, 0.25) is 5.91 Å². The third-order valence-corrected chi connectivity index (χ3v) is 3.64. The number of amides is 1. The summed E-state index contributed by atoms with van der Waals surface area (Å²) in [5.74, 6) is 0.567. The number of aromatic nitrogens is 1. The van der Waals surface area contributed by atoms with Gasteiger partial charge in [-0.05, 0) is 29.7 Å². The smallest absolute Gasteiger partial charge is 0.228 e. The summed E-state index contributed by atoms with van der Waals surface area (Å²) in [5.41, 5.74) is 8.96. The number of carbonyl (C=O) groups excluding carboxylic acids is 1. The highest BCUT2D eigenvalue weighted by Gasteiger charge is 2.20. The molecule has 4 nitrogen and oxygen atoms in total. The fourth-order valence-electron chi connectivity index (χ4n) is 2.57. The summed E-state index contributed by atoms with van der Waals surface area (Å²) in [6.07, 6.45) is 1.24. The van der Waals surface area contributed by atoms with Crippen molar-refractivity contribution >= 4 is 11.7 Å². The Labute approximate surface area is 118 Å². The van der Waals surface area contributed by atoms with E-state index in [1.807, 2.05) is 29.2 Å². The van der Waals surface area contributed by atoms with Crippen molar-refractivity contribution in [2.45, 2.75) is 19.4 Å². The van der Waals surface area contributed by atoms with Gasteiger partial charge in [0.25, 0.3) is 0 Å². The van der Waals surface area contributed by atoms with Gasteiger partial charge in [-0.25, -0.2) is 4.98 Å². The third kappa shape index (κ3) is 2.64. The Morgan fingerprint density at radius 2 is 1.95 bits per heavy atom. The van der Waals surface area contributed by atoms with Gasteiger partial charge in [-0.15, -0.1) is 0 Å². The minimum atomic E-state index is 0.109. The predicted molar refractivity (Wildman–Crippen MR) is 77.9 cm³/mol. The van der Waals surface area contributed by atoms with Crippen molar-refractivity contribution in [3.8, 4) is 0 Å². The van der Waals surface area contributed by atoms with Gasteiger partial charge in [-0.2, -0.15) is 0 Å². The lowest BCUT2D eigenvalue weighted by Crippen LogP contribution is -2.37. The van der Waals surface area contributed by atoms with Crippen molar-refractivity contribution in [1.29, 1.82) is 0 Å². The zero-order valence-electron chi connectivity index (χ0n) is 11.2. The first-order valence-electron chi connectivity index (χ1n) is 6.78. The molecule has 1 aliphatic heterocycles. The summed E-state index contributed by atoms with van der Waals surface area (Å²) in [4.78, 5) is 18.4. The van der Waals surface area contributed by atoms with E-state index in [9.17, 15) is 4.79 Å². The Morgan fingerprint density at radius 1 is 1.15 bits per heavy atom. The summed E-state index contributed by atoms with van der Waals surface area (Å²) in [5, 5.41) is 0. The molecule has 0 unspecified atom stereocenters. The van der Waals surface area contributed by atoms with E-state index in [0.29, 0.717) is 18.8 Å². The molecule has 0 spiro atoms. The van der Waals surface area contributed by atoms with E-state index in [2.05, 4.69) is 17.1 Å². The van der Waals surface area contributed by atoms with E-state index in [-0.39, 0.29) is 5.91 Å². The topological polar surface area (TPSA) is 59.2 Å². The van der Waals surface area contributed by atoms with Crippen LogP contribution in [-0.2, 0) is 24.2 Å². The molecule has 4 heteroatoms. The summed E-state index contributed by atoms with van der Waals surface area (Å²) in [6.45, 7) is 1.47. The minimum absolute atomic E-state index is 0.109. The van der Waals surface area contributed by atoms with Crippen LogP contribution < -0.4 is 5.73 Å². The molecular formula is C16H17N3O. The lowest BCUT2D eigenvalue weighted by atomic mass is 9.99. The first-order chi connectivity index (χ1) is 9.72. The molecule has 2 N–H and O–H groups in total. The molecule has 2 heterocycles. The molecule has 20 heavy (non-hydrogen) atoms. The van der Waals surface area contributed by atoms with Gasteiger partial charge < -0.3 is 10.6 Å². The van der Waals surface area contributed by atoms with Crippen LogP contribution in [0, 0.1) is 0 Å². The first-order valence-corrected chi connectivity index (χ1v) is 6.78. The van der Waals surface area contributed by atoms with Crippen LogP contribution in [0.15, 0.2) is 42.5 Å². The van der Waals surface area contributed by atoms with Gasteiger partial charge in [0.1, 0.15) is 5.82 Å². The second kappa shape index (κ2) is 5.33. The number of fused-ring (bicyclic) bond motifs is 1. The fraction of sp³-hybridized carbons (Fsp3) is 0.250. The maximum atomic E-state index is 12.3. The van der Waals surface area contributed by atoms with Crippen LogP contribution in [0.3, 0.4) is 0 Å². The number of rotatable bonds is 2. The average Bonchev–Trinajstić information content (AvgIpc) is 2.47.